The largest absolute Gasteiger partial charge is 1.00 e. The molecule has 0 atom stereocenters. The molecular weight excluding hydrogens is 1720 g/mol. The lowest BCUT2D eigenvalue weighted by Gasteiger charge is -2.00. The van der Waals surface area contributed by atoms with Crippen molar-refractivity contribution in [3.8, 4) is 5.75 Å². The number of hydrogen-bond acceptors (Lipinski definition) is 18. The van der Waals surface area contributed by atoms with Crippen LogP contribution in [0.3, 0.4) is 0 Å². The molecule has 0 spiro atoms. The zero-order valence-electron chi connectivity index (χ0n) is 53.1. The molecule has 0 bridgehead atoms. The molecule has 3 nitrogen and oxygen atoms in total. The van der Waals surface area contributed by atoms with Gasteiger partial charge in [0.1, 0.15) is 5.75 Å². The summed E-state index contributed by atoms with van der Waals surface area (Å²) >= 11 is 37.4. The summed E-state index contributed by atoms with van der Waals surface area (Å²) in [4.78, 5) is 26.8. The van der Waals surface area contributed by atoms with E-state index in [1.54, 1.807) is 80.5 Å². The Kier molecular flexibility index (Phi) is 20.0. The molecule has 0 radical (unpaired) electrons. The first-order chi connectivity index (χ1) is 49.0. The van der Waals surface area contributed by atoms with Crippen molar-refractivity contribution in [1.29, 1.82) is 0 Å². The first kappa shape index (κ1) is 67.7. The maximum absolute atomic E-state index is 11.2. The van der Waals surface area contributed by atoms with Gasteiger partial charge in [-0.25, -0.2) is 0 Å². The van der Waals surface area contributed by atoms with E-state index in [1.165, 1.54) is 179 Å². The van der Waals surface area contributed by atoms with E-state index < -0.39 is 0 Å². The van der Waals surface area contributed by atoms with Gasteiger partial charge < -0.3 is 4.74 Å². The van der Waals surface area contributed by atoms with Crippen LogP contribution in [0.2, 0.25) is 0 Å². The van der Waals surface area contributed by atoms with Crippen LogP contribution in [-0.4, -0.2) is 19.7 Å². The molecule has 0 amide bonds. The maximum atomic E-state index is 11.2. The number of halogens is 3. The number of ether oxygens (including phenoxy) is 1. The van der Waals surface area contributed by atoms with Gasteiger partial charge in [-0.3, -0.25) is 9.59 Å². The number of rotatable bonds is 11. The number of benzene rings is 6. The monoisotopic (exact) mass is 1760 g/mol. The fourth-order valence-corrected chi connectivity index (χ4v) is 28.1. The van der Waals surface area contributed by atoms with E-state index >= 15 is 0 Å². The molecule has 15 heterocycles. The molecule has 6 aromatic carbocycles. The summed E-state index contributed by atoms with van der Waals surface area (Å²) in [5.41, 5.74) is 6.69. The van der Waals surface area contributed by atoms with Crippen LogP contribution in [0.15, 0.2) is 209 Å². The molecule has 0 N–H and O–H groups in total. The summed E-state index contributed by atoms with van der Waals surface area (Å²) in [7, 11) is 1.73. The Balaban J connectivity index is 0.000000103. The second-order valence-corrected chi connectivity index (χ2v) is 40.2. The summed E-state index contributed by atoms with van der Waals surface area (Å²) in [5, 5.41) is 53.1. The Bertz CT molecular complexity index is 6160. The Morgan fingerprint density at radius 2 is 0.650 bits per heavy atom. The van der Waals surface area contributed by atoms with Crippen molar-refractivity contribution in [1.82, 2.24) is 0 Å². The second kappa shape index (κ2) is 29.6. The molecular formula is C79H48Br3O3S15+. The molecule has 0 aliphatic carbocycles. The van der Waals surface area contributed by atoms with Crippen molar-refractivity contribution in [2.45, 2.75) is 25.7 Å². The highest BCUT2D eigenvalue weighted by molar-refractivity contribution is 9.11. The third kappa shape index (κ3) is 14.1. The fraction of sp³-hybridized carbons (Fsp3) is 0.0633. The SMILES string of the molecule is Brc1cscc1Cc1cc2cc3sc(Cc4cscc4Br)cc3cc2s1.COc1cscc1Cc1cc2cc3sc(Cc4cscc4C=O)cc3cc2s1.O=Cc1cscc1Br.[H+].c1cc2cc3sccc3cc2s1.c1scc2cc3c(cc12)sc1cc2c(cc13)sc1cc3cscc3cc12. The summed E-state index contributed by atoms with van der Waals surface area (Å²) < 4.78 is 22.6. The van der Waals surface area contributed by atoms with Gasteiger partial charge in [-0.2, -0.15) is 68.0 Å². The lowest BCUT2D eigenvalue weighted by molar-refractivity contribution is 0.111. The van der Waals surface area contributed by atoms with Crippen molar-refractivity contribution >= 4 is 353 Å². The van der Waals surface area contributed by atoms with Gasteiger partial charge in [0.15, 0.2) is 12.6 Å². The van der Waals surface area contributed by atoms with E-state index in [0.717, 1.165) is 65.2 Å². The van der Waals surface area contributed by atoms with Crippen molar-refractivity contribution in [3.63, 3.8) is 0 Å². The minimum atomic E-state index is 0. The smallest absolute Gasteiger partial charge is 0.496 e. The average Bonchev–Trinajstić information content (AvgIpc) is 1.59. The molecule has 0 saturated heterocycles. The normalized spacial score (nSPS) is 11.6. The topological polar surface area (TPSA) is 43.4 Å². The average molecular weight is 1770 g/mol. The molecule has 15 aromatic heterocycles. The standard InChI is InChI=1S/C22H16O2S4.C22H10S4.C20H12Br2S4.C10H6S2.C5H3BrOS/c1-24-20-12-26-10-16(20)5-19-3-14-7-21-13(6-22(14)28-19)2-18(27-21)4-15-9-25-11-17(15)8-23;1-11-7-23-9-13(11)3-19-15(1)17-5-22-18(6-21(17)25-19)16-2-12-8-24-10-14(12)4-20(16)26-22;21-17-9-23-7-13(17)3-15-1-11-5-20-12(6-19(11)25-15)2-16(26-20)4-14-8-24-10-18(14)22;1-3-11-9-6-8-2-4-12-10(8)5-7(1)9;6-5-3-8-2-4(5)1-7/h2-3,6-12H,4-5H2,1H3;1-10H;1-2,5-10H,3-4H2;1-6H;1-3H/p+1. The molecule has 0 aliphatic rings. The number of carbonyl (C=O) groups excluding carboxylic acids is 2. The lowest BCUT2D eigenvalue weighted by atomic mass is 10.1. The Hall–Kier alpha value is -5.48. The van der Waals surface area contributed by atoms with Crippen LogP contribution in [0.4, 0.5) is 0 Å². The highest BCUT2D eigenvalue weighted by Crippen LogP contribution is 2.46. The van der Waals surface area contributed by atoms with Crippen molar-refractivity contribution in [2.24, 2.45) is 0 Å². The molecule has 21 aromatic rings. The minimum absolute atomic E-state index is 0. The van der Waals surface area contributed by atoms with Crippen LogP contribution < -0.4 is 4.74 Å². The highest BCUT2D eigenvalue weighted by Gasteiger charge is 2.17. The quantitative estimate of drug-likeness (QED) is 0.121. The van der Waals surface area contributed by atoms with Crippen molar-refractivity contribution in [3.05, 3.63) is 262 Å². The Labute approximate surface area is 660 Å². The van der Waals surface area contributed by atoms with Gasteiger partial charge >= 0.3 is 1.43 Å². The summed E-state index contributed by atoms with van der Waals surface area (Å²) in [5.74, 6) is 0.983. The number of thiophene rings is 15. The first-order valence-corrected chi connectivity index (χ1v) is 46.6. The van der Waals surface area contributed by atoms with Crippen LogP contribution >= 0.6 is 218 Å². The molecule has 0 aliphatic heterocycles. The van der Waals surface area contributed by atoms with Crippen molar-refractivity contribution in [2.75, 3.05) is 7.11 Å². The number of hydrogen-bond donors (Lipinski definition) is 0. The third-order valence-electron chi connectivity index (χ3n) is 17.2. The highest BCUT2D eigenvalue weighted by atomic mass is 79.9. The predicted octanol–water partition coefficient (Wildman–Crippen LogP) is 31.6. The summed E-state index contributed by atoms with van der Waals surface area (Å²) in [6, 6.07) is 41.8. The van der Waals surface area contributed by atoms with Gasteiger partial charge in [0.25, 0.3) is 0 Å². The van der Waals surface area contributed by atoms with Gasteiger partial charge in [0, 0.05) is 176 Å². The zero-order valence-corrected chi connectivity index (χ0v) is 69.1. The molecule has 0 fully saturated rings. The predicted molar refractivity (Wildman–Crippen MR) is 469 cm³/mol. The van der Waals surface area contributed by atoms with Crippen molar-refractivity contribution < 1.29 is 15.8 Å². The van der Waals surface area contributed by atoms with E-state index in [2.05, 4.69) is 227 Å². The van der Waals surface area contributed by atoms with Gasteiger partial charge in [0.05, 0.1) is 7.11 Å². The zero-order chi connectivity index (χ0) is 67.5. The van der Waals surface area contributed by atoms with Gasteiger partial charge in [0.2, 0.25) is 0 Å². The molecule has 492 valence electrons. The molecule has 21 rings (SSSR count). The number of aldehydes is 2. The summed E-state index contributed by atoms with van der Waals surface area (Å²) in [6.07, 6.45) is 5.55. The van der Waals surface area contributed by atoms with Gasteiger partial charge in [-0.15, -0.1) is 102 Å². The van der Waals surface area contributed by atoms with E-state index in [0.29, 0.717) is 0 Å². The van der Waals surface area contributed by atoms with Gasteiger partial charge in [-0.1, -0.05) is 0 Å². The third-order valence-corrected chi connectivity index (χ3v) is 34.2. The Morgan fingerprint density at radius 1 is 0.310 bits per heavy atom. The van der Waals surface area contributed by atoms with E-state index in [9.17, 15) is 9.59 Å². The van der Waals surface area contributed by atoms with Crippen LogP contribution in [0, 0.1) is 0 Å². The van der Waals surface area contributed by atoms with Crippen LogP contribution in [0.25, 0.3) is 122 Å². The van der Waals surface area contributed by atoms with Crippen LogP contribution in [0.1, 0.15) is 63.9 Å². The second-order valence-electron chi connectivity index (χ2n) is 23.6. The lowest BCUT2D eigenvalue weighted by Crippen LogP contribution is -1.87. The van der Waals surface area contributed by atoms with E-state index in [4.69, 9.17) is 4.74 Å². The number of carbonyl (C=O) groups is 2. The minimum Gasteiger partial charge on any atom is -0.496 e. The van der Waals surface area contributed by atoms with E-state index in [-0.39, 0.29) is 1.43 Å². The molecule has 21 heteroatoms. The Morgan fingerprint density at radius 3 is 1.07 bits per heavy atom. The van der Waals surface area contributed by atoms with Gasteiger partial charge in [-0.05, 0) is 281 Å². The number of fused-ring (bicyclic) bond motifs is 14. The van der Waals surface area contributed by atoms with Crippen LogP contribution in [0.5, 0.6) is 5.75 Å². The first-order valence-electron chi connectivity index (χ1n) is 31.0. The number of methoxy groups -OCH3 is 1. The molecule has 0 unspecified atom stereocenters. The maximum Gasteiger partial charge on any atom is 1.00 e. The van der Waals surface area contributed by atoms with E-state index in [1.807, 2.05) is 101 Å². The van der Waals surface area contributed by atoms with Crippen LogP contribution in [-0.2, 0) is 25.7 Å². The molecule has 100 heavy (non-hydrogen) atoms. The fourth-order valence-electron chi connectivity index (χ4n) is 12.3. The molecule has 0 saturated carbocycles. The summed E-state index contributed by atoms with van der Waals surface area (Å²) in [6.45, 7) is 0.